The van der Waals surface area contributed by atoms with Gasteiger partial charge in [-0.05, 0) is 11.5 Å². The van der Waals surface area contributed by atoms with Crippen molar-refractivity contribution in [2.45, 2.75) is 25.9 Å². The molecule has 3 amide bonds. The number of rotatable bonds is 5. The Morgan fingerprint density at radius 2 is 1.96 bits per heavy atom. The summed E-state index contributed by atoms with van der Waals surface area (Å²) in [5.74, 6) is -0.900. The van der Waals surface area contributed by atoms with Crippen LogP contribution >= 0.6 is 12.4 Å². The van der Waals surface area contributed by atoms with Gasteiger partial charge >= 0.3 is 0 Å². The fourth-order valence-electron chi connectivity index (χ4n) is 2.59. The zero-order chi connectivity index (χ0) is 17.7. The molecule has 25 heavy (non-hydrogen) atoms. The molecule has 0 aliphatic carbocycles. The molecule has 1 heterocycles. The molecule has 1 unspecified atom stereocenters. The van der Waals surface area contributed by atoms with Crippen LogP contribution in [-0.4, -0.2) is 48.3 Å². The summed E-state index contributed by atoms with van der Waals surface area (Å²) in [5, 5.41) is 5.33. The van der Waals surface area contributed by atoms with Crippen LogP contribution in [0.5, 0.6) is 0 Å². The fourth-order valence-corrected chi connectivity index (χ4v) is 2.59. The Balaban J connectivity index is 0.00000312. The van der Waals surface area contributed by atoms with Crippen molar-refractivity contribution < 1.29 is 14.4 Å². The molecule has 4 N–H and O–H groups in total. The van der Waals surface area contributed by atoms with Gasteiger partial charge in [0.25, 0.3) is 0 Å². The first-order valence-corrected chi connectivity index (χ1v) is 8.07. The lowest BCUT2D eigenvalue weighted by molar-refractivity contribution is -0.143. The van der Waals surface area contributed by atoms with Gasteiger partial charge in [0, 0.05) is 13.1 Å². The number of nitrogens with zero attached hydrogens (tertiary/aromatic N) is 1. The summed E-state index contributed by atoms with van der Waals surface area (Å²) in [6.45, 7) is 4.30. The van der Waals surface area contributed by atoms with Crippen molar-refractivity contribution in [2.24, 2.45) is 11.7 Å². The van der Waals surface area contributed by atoms with E-state index in [2.05, 4.69) is 10.6 Å². The second-order valence-electron chi connectivity index (χ2n) is 6.18. The molecule has 138 valence electrons. The van der Waals surface area contributed by atoms with E-state index in [9.17, 15) is 14.4 Å². The maximum atomic E-state index is 12.5. The second kappa shape index (κ2) is 9.39. The number of hydrogen-bond acceptors (Lipinski definition) is 4. The van der Waals surface area contributed by atoms with Crippen LogP contribution in [0.1, 0.15) is 25.5 Å². The van der Waals surface area contributed by atoms with Gasteiger partial charge < -0.3 is 21.3 Å². The van der Waals surface area contributed by atoms with Gasteiger partial charge in [-0.25, -0.2) is 0 Å². The summed E-state index contributed by atoms with van der Waals surface area (Å²) in [6, 6.07) is 7.78. The molecule has 7 nitrogen and oxygen atoms in total. The molecule has 2 atom stereocenters. The van der Waals surface area contributed by atoms with Crippen LogP contribution in [0, 0.1) is 5.92 Å². The molecular weight excluding hydrogens is 344 g/mol. The topological polar surface area (TPSA) is 105 Å². The molecule has 1 fully saturated rings. The van der Waals surface area contributed by atoms with Gasteiger partial charge in [-0.15, -0.1) is 12.4 Å². The molecule has 0 bridgehead atoms. The summed E-state index contributed by atoms with van der Waals surface area (Å²) in [5.41, 5.74) is 6.51. The largest absolute Gasteiger partial charge is 0.352 e. The lowest BCUT2D eigenvalue weighted by atomic mass is 10.0. The molecule has 0 saturated carbocycles. The average Bonchev–Trinajstić information content (AvgIpc) is 2.59. The van der Waals surface area contributed by atoms with Crippen molar-refractivity contribution in [3.63, 3.8) is 0 Å². The Morgan fingerprint density at radius 3 is 2.56 bits per heavy atom. The lowest BCUT2D eigenvalue weighted by Crippen LogP contribution is -2.55. The van der Waals surface area contributed by atoms with Crippen LogP contribution in [-0.2, 0) is 14.4 Å². The smallest absolute Gasteiger partial charge is 0.247 e. The minimum absolute atomic E-state index is 0. The Morgan fingerprint density at radius 1 is 1.32 bits per heavy atom. The van der Waals surface area contributed by atoms with Gasteiger partial charge in [-0.1, -0.05) is 44.2 Å². The molecule has 1 aromatic rings. The average molecular weight is 369 g/mol. The van der Waals surface area contributed by atoms with E-state index in [0.29, 0.717) is 13.1 Å². The number of nitrogens with two attached hydrogens (primary N) is 1. The van der Waals surface area contributed by atoms with Crippen molar-refractivity contribution in [1.82, 2.24) is 15.5 Å². The minimum Gasteiger partial charge on any atom is -0.352 e. The predicted octanol–water partition coefficient (Wildman–Crippen LogP) is 0.207. The first-order chi connectivity index (χ1) is 11.4. The normalized spacial score (nSPS) is 18.2. The van der Waals surface area contributed by atoms with Gasteiger partial charge in [-0.3, -0.25) is 14.4 Å². The van der Waals surface area contributed by atoms with Crippen molar-refractivity contribution in [3.8, 4) is 0 Å². The third kappa shape index (κ3) is 5.17. The maximum Gasteiger partial charge on any atom is 0.247 e. The van der Waals surface area contributed by atoms with Crippen molar-refractivity contribution in [2.75, 3.05) is 19.6 Å². The summed E-state index contributed by atoms with van der Waals surface area (Å²) in [4.78, 5) is 38.1. The highest BCUT2D eigenvalue weighted by Crippen LogP contribution is 2.23. The van der Waals surface area contributed by atoms with E-state index in [1.54, 1.807) is 0 Å². The number of hydrogen-bond donors (Lipinski definition) is 3. The third-order valence-electron chi connectivity index (χ3n) is 4.08. The van der Waals surface area contributed by atoms with Crippen LogP contribution in [0.15, 0.2) is 30.3 Å². The summed E-state index contributed by atoms with van der Waals surface area (Å²) < 4.78 is 0. The second-order valence-corrected chi connectivity index (χ2v) is 6.18. The highest BCUT2D eigenvalue weighted by atomic mass is 35.5. The van der Waals surface area contributed by atoms with E-state index >= 15 is 0 Å². The van der Waals surface area contributed by atoms with Gasteiger partial charge in [-0.2, -0.15) is 0 Å². The summed E-state index contributed by atoms with van der Waals surface area (Å²) >= 11 is 0. The molecule has 1 aliphatic heterocycles. The number of amides is 3. The molecule has 8 heteroatoms. The number of carbonyl (C=O) groups is 3. The van der Waals surface area contributed by atoms with Gasteiger partial charge in [0.15, 0.2) is 0 Å². The van der Waals surface area contributed by atoms with Gasteiger partial charge in [0.2, 0.25) is 17.7 Å². The van der Waals surface area contributed by atoms with Gasteiger partial charge in [0.05, 0.1) is 12.6 Å². The zero-order valence-corrected chi connectivity index (χ0v) is 15.2. The van der Waals surface area contributed by atoms with E-state index in [1.807, 2.05) is 44.2 Å². The van der Waals surface area contributed by atoms with Crippen LogP contribution in [0.4, 0.5) is 0 Å². The van der Waals surface area contributed by atoms with E-state index in [-0.39, 0.29) is 42.6 Å². The first kappa shape index (κ1) is 20.9. The van der Waals surface area contributed by atoms with Crippen molar-refractivity contribution in [1.29, 1.82) is 0 Å². The Labute approximate surface area is 153 Å². The van der Waals surface area contributed by atoms with E-state index in [4.69, 9.17) is 5.73 Å². The van der Waals surface area contributed by atoms with Crippen LogP contribution in [0.2, 0.25) is 0 Å². The molecular formula is C17H25ClN4O3. The summed E-state index contributed by atoms with van der Waals surface area (Å²) in [6.07, 6.45) is 0. The monoisotopic (exact) mass is 368 g/mol. The first-order valence-electron chi connectivity index (χ1n) is 8.07. The number of piperazine rings is 1. The highest BCUT2D eigenvalue weighted by Gasteiger charge is 2.34. The van der Waals surface area contributed by atoms with Crippen molar-refractivity contribution in [3.05, 3.63) is 35.9 Å². The zero-order valence-electron chi connectivity index (χ0n) is 14.4. The number of carbonyl (C=O) groups excluding carboxylic acids is 3. The summed E-state index contributed by atoms with van der Waals surface area (Å²) in [7, 11) is 0. The van der Waals surface area contributed by atoms with Gasteiger partial charge in [0.1, 0.15) is 6.04 Å². The van der Waals surface area contributed by atoms with E-state index in [1.165, 1.54) is 4.90 Å². The van der Waals surface area contributed by atoms with Crippen LogP contribution in [0.25, 0.3) is 0 Å². The Bertz CT molecular complexity index is 609. The molecule has 2 rings (SSSR count). The fraction of sp³-hybridized carbons (Fsp3) is 0.471. The minimum atomic E-state index is -0.678. The number of halogens is 1. The van der Waals surface area contributed by atoms with Crippen LogP contribution < -0.4 is 16.4 Å². The SMILES string of the molecule is CC(C)[C@H](N)C(=O)NCC(=O)N1CCNC(=O)C1c1ccccc1.Cl. The number of nitrogens with one attached hydrogen (secondary N) is 2. The number of benzene rings is 1. The quantitative estimate of drug-likeness (QED) is 0.690. The molecule has 1 aliphatic rings. The predicted molar refractivity (Wildman–Crippen MR) is 97.0 cm³/mol. The molecule has 1 saturated heterocycles. The van der Waals surface area contributed by atoms with Crippen molar-refractivity contribution >= 4 is 30.1 Å². The molecule has 0 aromatic heterocycles. The molecule has 0 spiro atoms. The lowest BCUT2D eigenvalue weighted by Gasteiger charge is -2.35. The third-order valence-corrected chi connectivity index (χ3v) is 4.08. The van der Waals surface area contributed by atoms with Crippen LogP contribution in [0.3, 0.4) is 0 Å². The standard InChI is InChI=1S/C17H24N4O3.ClH/c1-11(2)14(18)16(23)20-10-13(22)21-9-8-19-17(24)15(21)12-6-4-3-5-7-12;/h3-7,11,14-15H,8-10,18H2,1-2H3,(H,19,24)(H,20,23);1H/t14-,15?;/m0./s1. The highest BCUT2D eigenvalue weighted by molar-refractivity contribution is 5.92. The van der Waals surface area contributed by atoms with E-state index in [0.717, 1.165) is 5.56 Å². The maximum absolute atomic E-state index is 12.5. The van der Waals surface area contributed by atoms with E-state index < -0.39 is 12.1 Å². The Hall–Kier alpha value is -2.12. The Kier molecular flexibility index (Phi) is 7.86. The molecule has 0 radical (unpaired) electrons. The molecule has 1 aromatic carbocycles.